The third-order valence-electron chi connectivity index (χ3n) is 4.54. The molecule has 0 amide bonds. The molecule has 2 rings (SSSR count). The third kappa shape index (κ3) is 5.93. The molecule has 1 saturated heterocycles. The molecule has 1 N–H and O–H groups in total. The summed E-state index contributed by atoms with van der Waals surface area (Å²) < 4.78 is 5.57. The predicted octanol–water partition coefficient (Wildman–Crippen LogP) is 3.12. The van der Waals surface area contributed by atoms with Gasteiger partial charge in [-0.2, -0.15) is 0 Å². The Morgan fingerprint density at radius 3 is 2.38 bits per heavy atom. The van der Waals surface area contributed by atoms with E-state index in [-0.39, 0.29) is 24.0 Å². The van der Waals surface area contributed by atoms with Gasteiger partial charge in [-0.05, 0) is 44.9 Å². The van der Waals surface area contributed by atoms with E-state index in [0.717, 1.165) is 37.4 Å². The minimum atomic E-state index is 0. The summed E-state index contributed by atoms with van der Waals surface area (Å²) in [6, 6.07) is 0. The Labute approximate surface area is 147 Å². The zero-order valence-electron chi connectivity index (χ0n) is 13.8. The van der Waals surface area contributed by atoms with E-state index < -0.39 is 0 Å². The number of fused-ring (bicyclic) bond motifs is 1. The molecule has 21 heavy (non-hydrogen) atoms. The monoisotopic (exact) mass is 409 g/mol. The van der Waals surface area contributed by atoms with Crippen molar-refractivity contribution in [1.29, 1.82) is 0 Å². The number of aliphatic imine (C=N–C) groups is 1. The molecule has 5 heteroatoms. The van der Waals surface area contributed by atoms with E-state index in [2.05, 4.69) is 29.1 Å². The quantitative estimate of drug-likeness (QED) is 0.328. The van der Waals surface area contributed by atoms with Gasteiger partial charge in [0.05, 0.1) is 6.10 Å². The molecule has 0 radical (unpaired) electrons. The number of rotatable bonds is 5. The number of guanidine groups is 1. The number of nitrogens with one attached hydrogen (secondary N) is 1. The van der Waals surface area contributed by atoms with E-state index in [4.69, 9.17) is 4.74 Å². The van der Waals surface area contributed by atoms with Crippen LogP contribution in [0, 0.1) is 11.8 Å². The number of hydrogen-bond donors (Lipinski definition) is 1. The van der Waals surface area contributed by atoms with Crippen molar-refractivity contribution in [3.63, 3.8) is 0 Å². The Hall–Kier alpha value is -0.0400. The van der Waals surface area contributed by atoms with E-state index in [9.17, 15) is 0 Å². The molecule has 1 aliphatic heterocycles. The van der Waals surface area contributed by atoms with Crippen LogP contribution >= 0.6 is 24.0 Å². The van der Waals surface area contributed by atoms with Gasteiger partial charge in [-0.1, -0.05) is 12.8 Å². The lowest BCUT2D eigenvalue weighted by Gasteiger charge is -2.22. The minimum Gasteiger partial charge on any atom is -0.379 e. The van der Waals surface area contributed by atoms with Crippen molar-refractivity contribution in [2.24, 2.45) is 16.8 Å². The summed E-state index contributed by atoms with van der Waals surface area (Å²) in [5, 5.41) is 3.49. The van der Waals surface area contributed by atoms with Gasteiger partial charge in [0.2, 0.25) is 0 Å². The maximum absolute atomic E-state index is 5.57. The molecule has 0 aromatic heterocycles. The average molecular weight is 409 g/mol. The highest BCUT2D eigenvalue weighted by molar-refractivity contribution is 14.0. The Bertz CT molecular complexity index is 309. The average Bonchev–Trinajstić information content (AvgIpc) is 2.86. The lowest BCUT2D eigenvalue weighted by Crippen LogP contribution is -2.40. The molecule has 124 valence electrons. The normalized spacial score (nSPS) is 25.7. The van der Waals surface area contributed by atoms with Crippen LogP contribution in [0.3, 0.4) is 0 Å². The Morgan fingerprint density at radius 1 is 1.24 bits per heavy atom. The second-order valence-corrected chi connectivity index (χ2v) is 6.46. The highest BCUT2D eigenvalue weighted by Gasteiger charge is 2.35. The Balaban J connectivity index is 0.00000220. The fourth-order valence-electron chi connectivity index (χ4n) is 3.50. The summed E-state index contributed by atoms with van der Waals surface area (Å²) in [6.07, 6.45) is 7.05. The van der Waals surface area contributed by atoms with E-state index in [1.807, 2.05) is 7.05 Å². The van der Waals surface area contributed by atoms with Crippen molar-refractivity contribution >= 4 is 29.9 Å². The van der Waals surface area contributed by atoms with Crippen molar-refractivity contribution in [3.05, 3.63) is 0 Å². The van der Waals surface area contributed by atoms with Crippen molar-refractivity contribution < 1.29 is 4.74 Å². The lowest BCUT2D eigenvalue weighted by atomic mass is 9.82. The third-order valence-corrected chi connectivity index (χ3v) is 4.54. The Morgan fingerprint density at radius 2 is 1.86 bits per heavy atom. The predicted molar refractivity (Wildman–Crippen MR) is 99.5 cm³/mol. The molecule has 2 fully saturated rings. The highest BCUT2D eigenvalue weighted by atomic mass is 127. The van der Waals surface area contributed by atoms with Gasteiger partial charge in [0, 0.05) is 33.3 Å². The summed E-state index contributed by atoms with van der Waals surface area (Å²) in [5.74, 6) is 2.90. The molecular weight excluding hydrogens is 377 g/mol. The zero-order chi connectivity index (χ0) is 14.4. The SMILES string of the molecule is CN=C(NCCCOC(C)C)N1CC2CCCCC2C1.I. The molecule has 0 aromatic rings. The number of hydrogen-bond acceptors (Lipinski definition) is 2. The van der Waals surface area contributed by atoms with Crippen LogP contribution in [0.2, 0.25) is 0 Å². The molecule has 1 saturated carbocycles. The van der Waals surface area contributed by atoms with Crippen LogP contribution in [-0.4, -0.2) is 50.3 Å². The summed E-state index contributed by atoms with van der Waals surface area (Å²) in [6.45, 7) is 8.34. The molecule has 0 spiro atoms. The Kier molecular flexibility index (Phi) is 8.94. The first-order valence-electron chi connectivity index (χ1n) is 8.28. The fourth-order valence-corrected chi connectivity index (χ4v) is 3.50. The fraction of sp³-hybridized carbons (Fsp3) is 0.938. The van der Waals surface area contributed by atoms with Crippen LogP contribution in [-0.2, 0) is 4.74 Å². The first-order chi connectivity index (χ1) is 9.70. The molecule has 1 aliphatic carbocycles. The molecule has 2 aliphatic rings. The van der Waals surface area contributed by atoms with Crippen molar-refractivity contribution in [1.82, 2.24) is 10.2 Å². The summed E-state index contributed by atoms with van der Waals surface area (Å²) in [4.78, 5) is 6.91. The van der Waals surface area contributed by atoms with Crippen molar-refractivity contribution in [2.75, 3.05) is 33.3 Å². The van der Waals surface area contributed by atoms with Crippen LogP contribution in [0.1, 0.15) is 46.0 Å². The van der Waals surface area contributed by atoms with Gasteiger partial charge in [-0.15, -0.1) is 24.0 Å². The van der Waals surface area contributed by atoms with Gasteiger partial charge in [0.25, 0.3) is 0 Å². The smallest absolute Gasteiger partial charge is 0.193 e. The molecular formula is C16H32IN3O. The van der Waals surface area contributed by atoms with Gasteiger partial charge in [0.15, 0.2) is 5.96 Å². The van der Waals surface area contributed by atoms with Gasteiger partial charge in [-0.3, -0.25) is 4.99 Å². The maximum atomic E-state index is 5.57. The summed E-state index contributed by atoms with van der Waals surface area (Å²) in [5.41, 5.74) is 0. The molecule has 0 aromatic carbocycles. The first kappa shape index (κ1) is 19.0. The van der Waals surface area contributed by atoms with Crippen LogP contribution in [0.25, 0.3) is 0 Å². The molecule has 2 atom stereocenters. The van der Waals surface area contributed by atoms with Gasteiger partial charge in [0.1, 0.15) is 0 Å². The van der Waals surface area contributed by atoms with Gasteiger partial charge in [-0.25, -0.2) is 0 Å². The van der Waals surface area contributed by atoms with E-state index in [1.165, 1.54) is 38.8 Å². The van der Waals surface area contributed by atoms with Gasteiger partial charge < -0.3 is 15.0 Å². The minimum absolute atomic E-state index is 0. The molecule has 1 heterocycles. The summed E-state index contributed by atoms with van der Waals surface area (Å²) >= 11 is 0. The molecule has 0 bridgehead atoms. The standard InChI is InChI=1S/C16H31N3O.HI/c1-13(2)20-10-6-9-18-16(17-3)19-11-14-7-4-5-8-15(14)12-19;/h13-15H,4-12H2,1-3H3,(H,17,18);1H. The molecule has 4 nitrogen and oxygen atoms in total. The van der Waals surface area contributed by atoms with E-state index in [1.54, 1.807) is 0 Å². The molecule has 2 unspecified atom stereocenters. The van der Waals surface area contributed by atoms with E-state index >= 15 is 0 Å². The number of ether oxygens (including phenoxy) is 1. The summed E-state index contributed by atoms with van der Waals surface area (Å²) in [7, 11) is 1.90. The van der Waals surface area contributed by atoms with Crippen molar-refractivity contribution in [3.8, 4) is 0 Å². The van der Waals surface area contributed by atoms with Crippen molar-refractivity contribution in [2.45, 2.75) is 52.1 Å². The van der Waals surface area contributed by atoms with Crippen LogP contribution in [0.4, 0.5) is 0 Å². The maximum Gasteiger partial charge on any atom is 0.193 e. The van der Waals surface area contributed by atoms with Crippen LogP contribution < -0.4 is 5.32 Å². The van der Waals surface area contributed by atoms with Gasteiger partial charge >= 0.3 is 0 Å². The number of nitrogens with zero attached hydrogens (tertiary/aromatic N) is 2. The topological polar surface area (TPSA) is 36.9 Å². The first-order valence-corrected chi connectivity index (χ1v) is 8.28. The number of halogens is 1. The largest absolute Gasteiger partial charge is 0.379 e. The van der Waals surface area contributed by atoms with Crippen LogP contribution in [0.5, 0.6) is 0 Å². The second kappa shape index (κ2) is 9.87. The number of likely N-dealkylation sites (tertiary alicyclic amines) is 1. The lowest BCUT2D eigenvalue weighted by molar-refractivity contribution is 0.0776. The van der Waals surface area contributed by atoms with Crippen LogP contribution in [0.15, 0.2) is 4.99 Å². The highest BCUT2D eigenvalue weighted by Crippen LogP contribution is 2.35. The second-order valence-electron chi connectivity index (χ2n) is 6.46. The zero-order valence-corrected chi connectivity index (χ0v) is 16.1. The van der Waals surface area contributed by atoms with E-state index in [0.29, 0.717) is 6.10 Å².